The molecule has 0 aliphatic heterocycles. The third-order valence-electron chi connectivity index (χ3n) is 3.54. The number of hydrogen-bond donors (Lipinski definition) is 1. The van der Waals surface area contributed by atoms with Crippen LogP contribution in [0.4, 0.5) is 0 Å². The number of methoxy groups -OCH3 is 1. The summed E-state index contributed by atoms with van der Waals surface area (Å²) >= 11 is 0. The molecule has 0 bridgehead atoms. The molecule has 0 fully saturated rings. The van der Waals surface area contributed by atoms with Crippen molar-refractivity contribution in [3.8, 4) is 5.75 Å². The molecule has 1 aromatic rings. The first-order chi connectivity index (χ1) is 8.45. The predicted octanol–water partition coefficient (Wildman–Crippen LogP) is 3.62. The maximum Gasteiger partial charge on any atom is 0.124 e. The molecule has 1 rings (SSSR count). The summed E-state index contributed by atoms with van der Waals surface area (Å²) in [5, 5.41) is 0. The van der Waals surface area contributed by atoms with Gasteiger partial charge in [0.15, 0.2) is 0 Å². The molecule has 0 radical (unpaired) electrons. The van der Waals surface area contributed by atoms with Crippen LogP contribution < -0.4 is 10.5 Å². The SMILES string of the molecule is COc1c(C)cc(C)cc1CCCC(N)C(C)C. The topological polar surface area (TPSA) is 35.2 Å². The number of hydrogen-bond acceptors (Lipinski definition) is 2. The van der Waals surface area contributed by atoms with E-state index in [4.69, 9.17) is 10.5 Å². The summed E-state index contributed by atoms with van der Waals surface area (Å²) in [4.78, 5) is 0. The van der Waals surface area contributed by atoms with Crippen molar-refractivity contribution in [1.29, 1.82) is 0 Å². The van der Waals surface area contributed by atoms with E-state index >= 15 is 0 Å². The first-order valence-corrected chi connectivity index (χ1v) is 6.85. The maximum atomic E-state index is 6.08. The quantitative estimate of drug-likeness (QED) is 0.835. The first kappa shape index (κ1) is 15.0. The Hall–Kier alpha value is -1.02. The van der Waals surface area contributed by atoms with E-state index in [0.29, 0.717) is 12.0 Å². The highest BCUT2D eigenvalue weighted by molar-refractivity contribution is 5.43. The van der Waals surface area contributed by atoms with Crippen molar-refractivity contribution < 1.29 is 4.74 Å². The molecule has 0 aliphatic carbocycles. The Morgan fingerprint density at radius 1 is 1.22 bits per heavy atom. The molecule has 2 heteroatoms. The fourth-order valence-corrected chi connectivity index (χ4v) is 2.38. The average molecular weight is 249 g/mol. The monoisotopic (exact) mass is 249 g/mol. The highest BCUT2D eigenvalue weighted by Gasteiger charge is 2.10. The number of rotatable bonds is 6. The van der Waals surface area contributed by atoms with Gasteiger partial charge in [0, 0.05) is 6.04 Å². The number of ether oxygens (including phenoxy) is 1. The number of benzene rings is 1. The summed E-state index contributed by atoms with van der Waals surface area (Å²) in [5.41, 5.74) is 9.92. The zero-order valence-corrected chi connectivity index (χ0v) is 12.4. The van der Waals surface area contributed by atoms with Crippen LogP contribution in [-0.4, -0.2) is 13.2 Å². The second-order valence-corrected chi connectivity index (χ2v) is 5.57. The van der Waals surface area contributed by atoms with Gasteiger partial charge in [-0.15, -0.1) is 0 Å². The van der Waals surface area contributed by atoms with Gasteiger partial charge >= 0.3 is 0 Å². The molecule has 0 saturated carbocycles. The van der Waals surface area contributed by atoms with Crippen LogP contribution >= 0.6 is 0 Å². The minimum Gasteiger partial charge on any atom is -0.496 e. The lowest BCUT2D eigenvalue weighted by Crippen LogP contribution is -2.26. The molecule has 0 amide bonds. The van der Waals surface area contributed by atoms with Crippen LogP contribution in [0.25, 0.3) is 0 Å². The van der Waals surface area contributed by atoms with E-state index in [9.17, 15) is 0 Å². The fraction of sp³-hybridized carbons (Fsp3) is 0.625. The molecule has 0 heterocycles. The Morgan fingerprint density at radius 3 is 2.44 bits per heavy atom. The van der Waals surface area contributed by atoms with Crippen molar-refractivity contribution in [2.45, 2.75) is 53.0 Å². The van der Waals surface area contributed by atoms with Crippen LogP contribution in [0.2, 0.25) is 0 Å². The second-order valence-electron chi connectivity index (χ2n) is 5.57. The normalized spacial score (nSPS) is 12.8. The van der Waals surface area contributed by atoms with Crippen LogP contribution in [0.15, 0.2) is 12.1 Å². The summed E-state index contributed by atoms with van der Waals surface area (Å²) in [5.74, 6) is 1.60. The van der Waals surface area contributed by atoms with Gasteiger partial charge in [0.25, 0.3) is 0 Å². The van der Waals surface area contributed by atoms with Gasteiger partial charge in [0.1, 0.15) is 5.75 Å². The first-order valence-electron chi connectivity index (χ1n) is 6.85. The highest BCUT2D eigenvalue weighted by atomic mass is 16.5. The summed E-state index contributed by atoms with van der Waals surface area (Å²) in [6.07, 6.45) is 3.25. The predicted molar refractivity (Wildman–Crippen MR) is 78.2 cm³/mol. The molecular formula is C16H27NO. The van der Waals surface area contributed by atoms with E-state index in [1.807, 2.05) is 0 Å². The minimum absolute atomic E-state index is 0.307. The van der Waals surface area contributed by atoms with Crippen molar-refractivity contribution in [3.05, 3.63) is 28.8 Å². The average Bonchev–Trinajstić information content (AvgIpc) is 2.28. The summed E-state index contributed by atoms with van der Waals surface area (Å²) in [6.45, 7) is 8.61. The molecule has 0 aliphatic rings. The van der Waals surface area contributed by atoms with E-state index in [1.165, 1.54) is 16.7 Å². The second kappa shape index (κ2) is 6.79. The lowest BCUT2D eigenvalue weighted by molar-refractivity contribution is 0.403. The Balaban J connectivity index is 2.67. The van der Waals surface area contributed by atoms with Crippen molar-refractivity contribution in [2.24, 2.45) is 11.7 Å². The lowest BCUT2D eigenvalue weighted by Gasteiger charge is -2.16. The van der Waals surface area contributed by atoms with E-state index in [0.717, 1.165) is 25.0 Å². The largest absolute Gasteiger partial charge is 0.496 e. The van der Waals surface area contributed by atoms with Gasteiger partial charge in [-0.05, 0) is 50.2 Å². The van der Waals surface area contributed by atoms with Gasteiger partial charge in [-0.2, -0.15) is 0 Å². The lowest BCUT2D eigenvalue weighted by atomic mass is 9.96. The van der Waals surface area contributed by atoms with Gasteiger partial charge in [-0.3, -0.25) is 0 Å². The van der Waals surface area contributed by atoms with Crippen LogP contribution in [-0.2, 0) is 6.42 Å². The van der Waals surface area contributed by atoms with Gasteiger partial charge in [-0.1, -0.05) is 31.5 Å². The Bertz CT molecular complexity index is 385. The van der Waals surface area contributed by atoms with Crippen LogP contribution in [0, 0.1) is 19.8 Å². The number of nitrogens with two attached hydrogens (primary N) is 1. The van der Waals surface area contributed by atoms with Crippen molar-refractivity contribution in [3.63, 3.8) is 0 Å². The van der Waals surface area contributed by atoms with Crippen LogP contribution in [0.5, 0.6) is 5.75 Å². The summed E-state index contributed by atoms with van der Waals surface area (Å²) < 4.78 is 5.50. The third kappa shape index (κ3) is 4.02. The molecule has 1 atom stereocenters. The van der Waals surface area contributed by atoms with Crippen LogP contribution in [0.3, 0.4) is 0 Å². The molecule has 0 saturated heterocycles. The molecule has 18 heavy (non-hydrogen) atoms. The van der Waals surface area contributed by atoms with Crippen molar-refractivity contribution in [2.75, 3.05) is 7.11 Å². The standard InChI is InChI=1S/C16H27NO/c1-11(2)15(17)8-6-7-14-10-12(3)9-13(4)16(14)18-5/h9-11,15H,6-8,17H2,1-5H3. The molecule has 1 aromatic carbocycles. The van der Waals surface area contributed by atoms with E-state index in [1.54, 1.807) is 7.11 Å². The Morgan fingerprint density at radius 2 is 1.89 bits per heavy atom. The maximum absolute atomic E-state index is 6.08. The van der Waals surface area contributed by atoms with E-state index < -0.39 is 0 Å². The zero-order chi connectivity index (χ0) is 13.7. The van der Waals surface area contributed by atoms with E-state index in [-0.39, 0.29) is 0 Å². The fourth-order valence-electron chi connectivity index (χ4n) is 2.38. The van der Waals surface area contributed by atoms with E-state index in [2.05, 4.69) is 39.8 Å². The Kier molecular flexibility index (Phi) is 5.67. The molecular weight excluding hydrogens is 222 g/mol. The molecule has 2 N–H and O–H groups in total. The van der Waals surface area contributed by atoms with Gasteiger partial charge in [0.2, 0.25) is 0 Å². The summed E-state index contributed by atoms with van der Waals surface area (Å²) in [6, 6.07) is 4.71. The third-order valence-corrected chi connectivity index (χ3v) is 3.54. The minimum atomic E-state index is 0.307. The van der Waals surface area contributed by atoms with Crippen molar-refractivity contribution >= 4 is 0 Å². The summed E-state index contributed by atoms with van der Waals surface area (Å²) in [7, 11) is 1.75. The Labute approximate surface area is 112 Å². The van der Waals surface area contributed by atoms with Gasteiger partial charge in [0.05, 0.1) is 7.11 Å². The van der Waals surface area contributed by atoms with Gasteiger partial charge in [-0.25, -0.2) is 0 Å². The molecule has 0 aromatic heterocycles. The molecule has 102 valence electrons. The highest BCUT2D eigenvalue weighted by Crippen LogP contribution is 2.26. The zero-order valence-electron chi connectivity index (χ0n) is 12.4. The van der Waals surface area contributed by atoms with Crippen molar-refractivity contribution in [1.82, 2.24) is 0 Å². The van der Waals surface area contributed by atoms with Crippen LogP contribution in [0.1, 0.15) is 43.4 Å². The number of aryl methyl sites for hydroxylation is 3. The molecule has 2 nitrogen and oxygen atoms in total. The smallest absolute Gasteiger partial charge is 0.124 e. The van der Waals surface area contributed by atoms with Gasteiger partial charge < -0.3 is 10.5 Å². The molecule has 0 spiro atoms. The molecule has 1 unspecified atom stereocenters.